The molecular weight excluding hydrogens is 282 g/mol. The van der Waals surface area contributed by atoms with Gasteiger partial charge in [-0.3, -0.25) is 4.79 Å². The van der Waals surface area contributed by atoms with E-state index in [2.05, 4.69) is 26.2 Å². The first-order chi connectivity index (χ1) is 8.18. The highest BCUT2D eigenvalue weighted by molar-refractivity contribution is 9.10. The van der Waals surface area contributed by atoms with Crippen LogP contribution in [-0.4, -0.2) is 23.0 Å². The topological polar surface area (TPSA) is 68.0 Å². The molecule has 0 bridgehead atoms. The maximum atomic E-state index is 12.0. The molecule has 0 spiro atoms. The van der Waals surface area contributed by atoms with Crippen LogP contribution in [0.15, 0.2) is 22.8 Å². The Hall–Kier alpha value is -0.940. The van der Waals surface area contributed by atoms with Gasteiger partial charge in [-0.25, -0.2) is 4.98 Å². The fraction of sp³-hybridized carbons (Fsp3) is 0.500. The SMILES string of the molecule is N[C@@H]1CCCC[C@H]1NC(=O)c1ncccc1Br. The molecule has 1 aromatic heterocycles. The molecular formula is C12H16BrN3O. The van der Waals surface area contributed by atoms with Crippen LogP contribution in [0.2, 0.25) is 0 Å². The summed E-state index contributed by atoms with van der Waals surface area (Å²) < 4.78 is 0.710. The number of nitrogens with one attached hydrogen (secondary N) is 1. The van der Waals surface area contributed by atoms with Crippen molar-refractivity contribution in [2.45, 2.75) is 37.8 Å². The molecule has 2 rings (SSSR count). The third kappa shape index (κ3) is 3.04. The molecule has 1 aliphatic carbocycles. The average molecular weight is 298 g/mol. The van der Waals surface area contributed by atoms with Gasteiger partial charge in [0.25, 0.3) is 5.91 Å². The predicted molar refractivity (Wildman–Crippen MR) is 69.6 cm³/mol. The fourth-order valence-electron chi connectivity index (χ4n) is 2.13. The number of halogens is 1. The monoisotopic (exact) mass is 297 g/mol. The molecule has 5 heteroatoms. The van der Waals surface area contributed by atoms with Crippen molar-refractivity contribution < 1.29 is 4.79 Å². The number of aromatic nitrogens is 1. The highest BCUT2D eigenvalue weighted by Crippen LogP contribution is 2.18. The predicted octanol–water partition coefficient (Wildman–Crippen LogP) is 1.84. The largest absolute Gasteiger partial charge is 0.346 e. The van der Waals surface area contributed by atoms with Crippen molar-refractivity contribution in [3.05, 3.63) is 28.5 Å². The van der Waals surface area contributed by atoms with Crippen molar-refractivity contribution in [3.8, 4) is 0 Å². The van der Waals surface area contributed by atoms with Crippen LogP contribution in [0, 0.1) is 0 Å². The quantitative estimate of drug-likeness (QED) is 0.875. The fourth-order valence-corrected chi connectivity index (χ4v) is 2.56. The Labute approximate surface area is 109 Å². The first kappa shape index (κ1) is 12.5. The van der Waals surface area contributed by atoms with Gasteiger partial charge in [0.2, 0.25) is 0 Å². The van der Waals surface area contributed by atoms with Gasteiger partial charge in [0.1, 0.15) is 5.69 Å². The Morgan fingerprint density at radius 2 is 2.24 bits per heavy atom. The molecule has 0 saturated heterocycles. The van der Waals surface area contributed by atoms with Crippen LogP contribution in [0.4, 0.5) is 0 Å². The van der Waals surface area contributed by atoms with Gasteiger partial charge in [0.05, 0.1) is 0 Å². The lowest BCUT2D eigenvalue weighted by molar-refractivity contribution is 0.0915. The van der Waals surface area contributed by atoms with E-state index in [1.807, 2.05) is 6.07 Å². The number of carbonyl (C=O) groups is 1. The molecule has 0 radical (unpaired) electrons. The van der Waals surface area contributed by atoms with E-state index >= 15 is 0 Å². The highest BCUT2D eigenvalue weighted by atomic mass is 79.9. The van der Waals surface area contributed by atoms with E-state index in [-0.39, 0.29) is 18.0 Å². The molecule has 1 saturated carbocycles. The molecule has 1 heterocycles. The van der Waals surface area contributed by atoms with Crippen molar-refractivity contribution in [1.82, 2.24) is 10.3 Å². The van der Waals surface area contributed by atoms with Crippen LogP contribution in [-0.2, 0) is 0 Å². The summed E-state index contributed by atoms with van der Waals surface area (Å²) in [5.41, 5.74) is 6.42. The lowest BCUT2D eigenvalue weighted by Gasteiger charge is -2.29. The summed E-state index contributed by atoms with van der Waals surface area (Å²) >= 11 is 3.32. The number of rotatable bonds is 2. The molecule has 1 amide bonds. The zero-order valence-corrected chi connectivity index (χ0v) is 11.1. The van der Waals surface area contributed by atoms with Crippen molar-refractivity contribution in [3.63, 3.8) is 0 Å². The summed E-state index contributed by atoms with van der Waals surface area (Å²) in [6.07, 6.45) is 5.83. The number of pyridine rings is 1. The summed E-state index contributed by atoms with van der Waals surface area (Å²) in [5.74, 6) is -0.153. The van der Waals surface area contributed by atoms with Gasteiger partial charge >= 0.3 is 0 Å². The van der Waals surface area contributed by atoms with Crippen molar-refractivity contribution in [2.24, 2.45) is 5.73 Å². The molecule has 1 fully saturated rings. The number of amides is 1. The standard InChI is InChI=1S/C12H16BrN3O/c13-8-4-3-7-15-11(8)12(17)16-10-6-2-1-5-9(10)14/h3-4,7,9-10H,1-2,5-6,14H2,(H,16,17)/t9-,10-/m1/s1. The molecule has 0 unspecified atom stereocenters. The second kappa shape index (κ2) is 5.60. The Balaban J connectivity index is 2.04. The van der Waals surface area contributed by atoms with E-state index in [1.165, 1.54) is 0 Å². The van der Waals surface area contributed by atoms with Gasteiger partial charge in [-0.15, -0.1) is 0 Å². The molecule has 4 nitrogen and oxygen atoms in total. The van der Waals surface area contributed by atoms with Crippen LogP contribution in [0.25, 0.3) is 0 Å². The Bertz CT molecular complexity index is 410. The molecule has 2 atom stereocenters. The van der Waals surface area contributed by atoms with E-state index in [1.54, 1.807) is 12.3 Å². The maximum Gasteiger partial charge on any atom is 0.271 e. The smallest absolute Gasteiger partial charge is 0.271 e. The van der Waals surface area contributed by atoms with Crippen LogP contribution < -0.4 is 11.1 Å². The van der Waals surface area contributed by atoms with E-state index in [0.717, 1.165) is 25.7 Å². The summed E-state index contributed by atoms with van der Waals surface area (Å²) in [6, 6.07) is 3.73. The van der Waals surface area contributed by atoms with Crippen molar-refractivity contribution >= 4 is 21.8 Å². The third-order valence-electron chi connectivity index (χ3n) is 3.11. The van der Waals surface area contributed by atoms with E-state index < -0.39 is 0 Å². The minimum atomic E-state index is -0.153. The van der Waals surface area contributed by atoms with E-state index in [0.29, 0.717) is 10.2 Å². The second-order valence-electron chi connectivity index (χ2n) is 4.36. The zero-order chi connectivity index (χ0) is 12.3. The lowest BCUT2D eigenvalue weighted by Crippen LogP contribution is -2.49. The Morgan fingerprint density at radius 3 is 2.94 bits per heavy atom. The average Bonchev–Trinajstić information content (AvgIpc) is 2.32. The van der Waals surface area contributed by atoms with Gasteiger partial charge in [-0.2, -0.15) is 0 Å². The van der Waals surface area contributed by atoms with Gasteiger partial charge in [-0.1, -0.05) is 12.8 Å². The zero-order valence-electron chi connectivity index (χ0n) is 9.53. The normalized spacial score (nSPS) is 24.4. The third-order valence-corrected chi connectivity index (χ3v) is 3.75. The molecule has 0 aromatic carbocycles. The van der Waals surface area contributed by atoms with Crippen LogP contribution in [0.3, 0.4) is 0 Å². The second-order valence-corrected chi connectivity index (χ2v) is 5.22. The Kier molecular flexibility index (Phi) is 4.12. The van der Waals surface area contributed by atoms with Gasteiger partial charge in [0, 0.05) is 22.8 Å². The van der Waals surface area contributed by atoms with Crippen LogP contribution >= 0.6 is 15.9 Å². The molecule has 0 aliphatic heterocycles. The number of nitrogens with two attached hydrogens (primary N) is 1. The molecule has 3 N–H and O–H groups in total. The van der Waals surface area contributed by atoms with Gasteiger partial charge in [-0.05, 0) is 40.9 Å². The van der Waals surface area contributed by atoms with E-state index in [4.69, 9.17) is 5.73 Å². The minimum Gasteiger partial charge on any atom is -0.346 e. The maximum absolute atomic E-state index is 12.0. The van der Waals surface area contributed by atoms with Gasteiger partial charge < -0.3 is 11.1 Å². The lowest BCUT2D eigenvalue weighted by atomic mass is 9.91. The van der Waals surface area contributed by atoms with Crippen LogP contribution in [0.5, 0.6) is 0 Å². The number of hydrogen-bond donors (Lipinski definition) is 2. The summed E-state index contributed by atoms with van der Waals surface area (Å²) in [4.78, 5) is 16.1. The van der Waals surface area contributed by atoms with Crippen molar-refractivity contribution in [1.29, 1.82) is 0 Å². The van der Waals surface area contributed by atoms with E-state index in [9.17, 15) is 4.79 Å². The minimum absolute atomic E-state index is 0.0650. The molecule has 1 aliphatic rings. The summed E-state index contributed by atoms with van der Waals surface area (Å²) in [7, 11) is 0. The molecule has 17 heavy (non-hydrogen) atoms. The summed E-state index contributed by atoms with van der Waals surface area (Å²) in [6.45, 7) is 0. The Morgan fingerprint density at radius 1 is 1.47 bits per heavy atom. The molecule has 92 valence electrons. The first-order valence-electron chi connectivity index (χ1n) is 5.85. The first-order valence-corrected chi connectivity index (χ1v) is 6.65. The highest BCUT2D eigenvalue weighted by Gasteiger charge is 2.24. The van der Waals surface area contributed by atoms with Gasteiger partial charge in [0.15, 0.2) is 0 Å². The molecule has 1 aromatic rings. The number of nitrogens with zero attached hydrogens (tertiary/aromatic N) is 1. The number of carbonyl (C=O) groups excluding carboxylic acids is 1. The summed E-state index contributed by atoms with van der Waals surface area (Å²) in [5, 5.41) is 2.97. The van der Waals surface area contributed by atoms with Crippen molar-refractivity contribution in [2.75, 3.05) is 0 Å². The van der Waals surface area contributed by atoms with Crippen LogP contribution in [0.1, 0.15) is 36.2 Å². The number of hydrogen-bond acceptors (Lipinski definition) is 3.